The molecule has 2 amide bonds. The van der Waals surface area contributed by atoms with Crippen LogP contribution in [0, 0.1) is 11.6 Å². The molecule has 0 fully saturated rings. The van der Waals surface area contributed by atoms with Gasteiger partial charge in [0, 0.05) is 12.8 Å². The number of aliphatic carboxylic acids is 1. The quantitative estimate of drug-likeness (QED) is 0.136. The molecule has 0 aromatic heterocycles. The molecule has 3 aromatic rings. The molecule has 0 bridgehead atoms. The zero-order valence-electron chi connectivity index (χ0n) is 23.0. The van der Waals surface area contributed by atoms with Gasteiger partial charge in [0.1, 0.15) is 12.4 Å². The Labute approximate surface area is 247 Å². The van der Waals surface area contributed by atoms with Gasteiger partial charge in [-0.15, -0.1) is 0 Å². The van der Waals surface area contributed by atoms with Crippen molar-refractivity contribution in [1.82, 2.24) is 10.6 Å². The normalized spacial score (nSPS) is 13.2. The average Bonchev–Trinajstić information content (AvgIpc) is 2.93. The zero-order valence-corrected chi connectivity index (χ0v) is 23.0. The highest BCUT2D eigenvalue weighted by atomic mass is 19.4. The van der Waals surface area contributed by atoms with Crippen LogP contribution < -0.4 is 15.4 Å². The van der Waals surface area contributed by atoms with E-state index in [2.05, 4.69) is 5.32 Å². The van der Waals surface area contributed by atoms with Gasteiger partial charge in [-0.05, 0) is 66.3 Å². The van der Waals surface area contributed by atoms with E-state index in [1.165, 1.54) is 12.1 Å². The first-order chi connectivity index (χ1) is 20.6. The Kier molecular flexibility index (Phi) is 11.2. The number of unbranched alkanes of at least 4 members (excludes halogenated alkanes) is 2. The van der Waals surface area contributed by atoms with Crippen molar-refractivity contribution in [2.45, 2.75) is 50.0 Å². The summed E-state index contributed by atoms with van der Waals surface area (Å²) in [5.74, 6) is -3.63. The van der Waals surface area contributed by atoms with E-state index in [0.29, 0.717) is 37.0 Å². The van der Waals surface area contributed by atoms with E-state index in [1.54, 1.807) is 23.5 Å². The highest BCUT2D eigenvalue weighted by Gasteiger charge is 2.41. The Morgan fingerprint density at radius 3 is 2.11 bits per heavy atom. The standard InChI is InChI=1S/C30H28F8N2O4/c31-23-14-21(13-22(15-23)30(36,37)38)28(17-19-7-3-1-4-8-19,40-27(43)39-18-29(33,34)35)20-10-11-24(32)25(16-20)44-12-6-2-5-9-26(41)42/h1,3-4,7-8,10-11,13-16H,2,5-6,9,12,17-18H2,(H,41,42)(H2,39,40,43)/t28-/m1/s1. The first-order valence-electron chi connectivity index (χ1n) is 13.3. The van der Waals surface area contributed by atoms with Crippen molar-refractivity contribution in [3.63, 3.8) is 0 Å². The number of hydrogen-bond acceptors (Lipinski definition) is 3. The van der Waals surface area contributed by atoms with Crippen LogP contribution in [0.15, 0.2) is 66.7 Å². The molecule has 0 aliphatic rings. The molecule has 1 atom stereocenters. The molecule has 0 saturated carbocycles. The number of alkyl halides is 6. The molecule has 0 aliphatic heterocycles. The Hall–Kier alpha value is -4.36. The minimum Gasteiger partial charge on any atom is -0.491 e. The molecule has 0 heterocycles. The number of carboxylic acids is 1. The van der Waals surface area contributed by atoms with Gasteiger partial charge < -0.3 is 20.5 Å². The Morgan fingerprint density at radius 1 is 0.795 bits per heavy atom. The molecule has 6 nitrogen and oxygen atoms in total. The van der Waals surface area contributed by atoms with Crippen LogP contribution in [-0.4, -0.2) is 36.4 Å². The van der Waals surface area contributed by atoms with Crippen LogP contribution in [0.3, 0.4) is 0 Å². The van der Waals surface area contributed by atoms with Gasteiger partial charge in [-0.3, -0.25) is 4.79 Å². The van der Waals surface area contributed by atoms with Crippen molar-refractivity contribution in [3.05, 3.63) is 101 Å². The maximum atomic E-state index is 14.8. The van der Waals surface area contributed by atoms with E-state index in [-0.39, 0.29) is 24.7 Å². The number of urea groups is 1. The van der Waals surface area contributed by atoms with E-state index in [0.717, 1.165) is 18.2 Å². The summed E-state index contributed by atoms with van der Waals surface area (Å²) < 4.78 is 115. The molecule has 14 heteroatoms. The summed E-state index contributed by atoms with van der Waals surface area (Å²) in [6.07, 6.45) is -9.26. The van der Waals surface area contributed by atoms with Gasteiger partial charge >= 0.3 is 24.4 Å². The molecule has 44 heavy (non-hydrogen) atoms. The molecular weight excluding hydrogens is 604 g/mol. The molecule has 0 aliphatic carbocycles. The van der Waals surface area contributed by atoms with Crippen molar-refractivity contribution in [2.24, 2.45) is 0 Å². The fraction of sp³-hybridized carbons (Fsp3) is 0.333. The van der Waals surface area contributed by atoms with Crippen molar-refractivity contribution in [3.8, 4) is 5.75 Å². The second-order valence-electron chi connectivity index (χ2n) is 9.91. The van der Waals surface area contributed by atoms with Crippen molar-refractivity contribution >= 4 is 12.0 Å². The minimum absolute atomic E-state index is 0.0800. The lowest BCUT2D eigenvalue weighted by molar-refractivity contribution is -0.138. The third-order valence-electron chi connectivity index (χ3n) is 6.52. The second-order valence-corrected chi connectivity index (χ2v) is 9.91. The molecule has 0 saturated heterocycles. The Bertz CT molecular complexity index is 1430. The Balaban J connectivity index is 2.16. The molecule has 0 radical (unpaired) electrons. The largest absolute Gasteiger partial charge is 0.491 e. The summed E-state index contributed by atoms with van der Waals surface area (Å²) in [6, 6.07) is 10.9. The fourth-order valence-electron chi connectivity index (χ4n) is 4.50. The summed E-state index contributed by atoms with van der Waals surface area (Å²) in [4.78, 5) is 23.6. The lowest BCUT2D eigenvalue weighted by Gasteiger charge is -2.37. The lowest BCUT2D eigenvalue weighted by Crippen LogP contribution is -2.53. The van der Waals surface area contributed by atoms with Gasteiger partial charge in [0.15, 0.2) is 11.6 Å². The molecule has 0 spiro atoms. The van der Waals surface area contributed by atoms with Crippen LogP contribution in [0.2, 0.25) is 0 Å². The van der Waals surface area contributed by atoms with E-state index >= 15 is 0 Å². The maximum absolute atomic E-state index is 14.8. The van der Waals surface area contributed by atoms with E-state index in [9.17, 15) is 44.7 Å². The fourth-order valence-corrected chi connectivity index (χ4v) is 4.50. The average molecular weight is 633 g/mol. The first-order valence-corrected chi connectivity index (χ1v) is 13.3. The summed E-state index contributed by atoms with van der Waals surface area (Å²) in [6.45, 7) is -1.86. The van der Waals surface area contributed by atoms with Crippen molar-refractivity contribution in [2.75, 3.05) is 13.2 Å². The van der Waals surface area contributed by atoms with Gasteiger partial charge in [0.05, 0.1) is 17.7 Å². The van der Waals surface area contributed by atoms with Gasteiger partial charge in [-0.1, -0.05) is 36.4 Å². The predicted octanol–water partition coefficient (Wildman–Crippen LogP) is 7.36. The third kappa shape index (κ3) is 9.85. The lowest BCUT2D eigenvalue weighted by atomic mass is 9.77. The van der Waals surface area contributed by atoms with Crippen LogP contribution in [0.1, 0.15) is 47.9 Å². The minimum atomic E-state index is -5.04. The number of halogens is 8. The van der Waals surface area contributed by atoms with Crippen molar-refractivity contribution < 1.29 is 54.6 Å². The number of hydrogen-bond donors (Lipinski definition) is 3. The summed E-state index contributed by atoms with van der Waals surface area (Å²) >= 11 is 0. The smallest absolute Gasteiger partial charge is 0.416 e. The molecule has 3 aromatic carbocycles. The van der Waals surface area contributed by atoms with E-state index < -0.39 is 71.4 Å². The third-order valence-corrected chi connectivity index (χ3v) is 6.52. The van der Waals surface area contributed by atoms with Crippen LogP contribution in [0.4, 0.5) is 39.9 Å². The van der Waals surface area contributed by atoms with Crippen LogP contribution in [0.25, 0.3) is 0 Å². The van der Waals surface area contributed by atoms with Crippen molar-refractivity contribution in [1.29, 1.82) is 0 Å². The molecule has 238 valence electrons. The number of benzene rings is 3. The van der Waals surface area contributed by atoms with E-state index in [4.69, 9.17) is 9.84 Å². The van der Waals surface area contributed by atoms with Gasteiger partial charge in [-0.25, -0.2) is 13.6 Å². The SMILES string of the molecule is O=C(O)CCCCCOc1cc([C@@](Cc2ccccc2)(NC(=O)NCC(F)(F)F)c2cc(F)cc(C(F)(F)F)c2)ccc1F. The molecule has 3 N–H and O–H groups in total. The van der Waals surface area contributed by atoms with Gasteiger partial charge in [0.25, 0.3) is 0 Å². The Morgan fingerprint density at radius 2 is 1.48 bits per heavy atom. The topological polar surface area (TPSA) is 87.7 Å². The first kappa shape index (κ1) is 34.1. The number of carbonyl (C=O) groups is 2. The van der Waals surface area contributed by atoms with Crippen LogP contribution >= 0.6 is 0 Å². The van der Waals surface area contributed by atoms with Crippen LogP contribution in [-0.2, 0) is 22.9 Å². The summed E-state index contributed by atoms with van der Waals surface area (Å²) in [7, 11) is 0. The van der Waals surface area contributed by atoms with Crippen LogP contribution in [0.5, 0.6) is 5.75 Å². The molecular formula is C30H28F8N2O4. The van der Waals surface area contributed by atoms with Gasteiger partial charge in [-0.2, -0.15) is 26.3 Å². The van der Waals surface area contributed by atoms with E-state index in [1.807, 2.05) is 0 Å². The highest BCUT2D eigenvalue weighted by Crippen LogP contribution is 2.39. The monoisotopic (exact) mass is 632 g/mol. The number of carbonyl (C=O) groups excluding carboxylic acids is 1. The number of amides is 2. The number of ether oxygens (including phenoxy) is 1. The second kappa shape index (κ2) is 14.4. The molecule has 3 rings (SSSR count). The highest BCUT2D eigenvalue weighted by molar-refractivity contribution is 5.76. The maximum Gasteiger partial charge on any atom is 0.416 e. The summed E-state index contributed by atoms with van der Waals surface area (Å²) in [5, 5.41) is 12.7. The van der Waals surface area contributed by atoms with Gasteiger partial charge in [0.2, 0.25) is 0 Å². The number of carboxylic acid groups (broad SMARTS) is 1. The number of rotatable bonds is 13. The summed E-state index contributed by atoms with van der Waals surface area (Å²) in [5.41, 5.74) is -3.83. The predicted molar refractivity (Wildman–Crippen MR) is 143 cm³/mol. The zero-order chi connectivity index (χ0) is 32.5. The molecule has 0 unspecified atom stereocenters. The number of nitrogens with one attached hydrogen (secondary N) is 2.